The monoisotopic (exact) mass is 348 g/mol. The van der Waals surface area contributed by atoms with Crippen LogP contribution in [0.25, 0.3) is 0 Å². The molecule has 1 aromatic rings. The summed E-state index contributed by atoms with van der Waals surface area (Å²) >= 11 is 1.28. The van der Waals surface area contributed by atoms with Crippen molar-refractivity contribution < 1.29 is 19.5 Å². The number of amidine groups is 1. The third-order valence-electron chi connectivity index (χ3n) is 3.38. The van der Waals surface area contributed by atoms with Gasteiger partial charge in [0.15, 0.2) is 5.17 Å². The number of carboxylic acids is 1. The topological polar surface area (TPSA) is 102 Å². The van der Waals surface area contributed by atoms with Gasteiger partial charge in [-0.15, -0.1) is 0 Å². The molecule has 1 aliphatic rings. The number of rotatable bonds is 6. The molecule has 7 nitrogen and oxygen atoms in total. The van der Waals surface area contributed by atoms with Crippen LogP contribution in [0.2, 0.25) is 0 Å². The molecular formula is C16H18N3O4S-. The van der Waals surface area contributed by atoms with Crippen LogP contribution in [0.1, 0.15) is 30.6 Å². The molecule has 0 aliphatic carbocycles. The number of carbonyl (C=O) groups is 3. The van der Waals surface area contributed by atoms with Crippen molar-refractivity contribution in [1.82, 2.24) is 4.90 Å². The Bertz CT molecular complexity index is 690. The van der Waals surface area contributed by atoms with Crippen molar-refractivity contribution in [3.8, 4) is 0 Å². The largest absolute Gasteiger partial charge is 0.545 e. The summed E-state index contributed by atoms with van der Waals surface area (Å²) < 4.78 is 0. The number of anilines is 1. The third kappa shape index (κ3) is 4.14. The summed E-state index contributed by atoms with van der Waals surface area (Å²) in [6, 6.07) is 5.80. The smallest absolute Gasteiger partial charge is 0.242 e. The van der Waals surface area contributed by atoms with Crippen molar-refractivity contribution in [2.24, 2.45) is 4.99 Å². The van der Waals surface area contributed by atoms with Crippen molar-refractivity contribution in [2.45, 2.75) is 25.5 Å². The molecule has 0 unspecified atom stereocenters. The van der Waals surface area contributed by atoms with Crippen LogP contribution in [0.5, 0.6) is 0 Å². The summed E-state index contributed by atoms with van der Waals surface area (Å²) in [6.07, 6.45) is -0.00170. The Hall–Kier alpha value is -2.35. The number of benzene rings is 1. The van der Waals surface area contributed by atoms with Gasteiger partial charge in [0.1, 0.15) is 5.25 Å². The number of aliphatic imine (C=N–C) groups is 1. The van der Waals surface area contributed by atoms with E-state index < -0.39 is 11.2 Å². The fourth-order valence-electron chi connectivity index (χ4n) is 2.29. The minimum Gasteiger partial charge on any atom is -0.545 e. The lowest BCUT2D eigenvalue weighted by molar-refractivity contribution is -0.255. The SMILES string of the molecule is CCN=C1S[C@@H](CC(=O)Nc2cccc(C(=O)[O-])c2)C(=O)N1CC. The molecule has 0 aromatic heterocycles. The molecule has 2 rings (SSSR count). The minimum atomic E-state index is -1.31. The number of carbonyl (C=O) groups excluding carboxylic acids is 3. The van der Waals surface area contributed by atoms with Crippen LogP contribution in [0.15, 0.2) is 29.3 Å². The molecule has 0 radical (unpaired) electrons. The van der Waals surface area contributed by atoms with Gasteiger partial charge in [0, 0.05) is 25.2 Å². The lowest BCUT2D eigenvalue weighted by Gasteiger charge is -2.13. The number of thioether (sulfide) groups is 1. The van der Waals surface area contributed by atoms with Crippen molar-refractivity contribution in [2.75, 3.05) is 18.4 Å². The van der Waals surface area contributed by atoms with E-state index in [1.54, 1.807) is 11.0 Å². The standard InChI is InChI=1S/C16H19N3O4S/c1-3-17-16-19(4-2)14(21)12(24-16)9-13(20)18-11-7-5-6-10(8-11)15(22)23/h5-8,12H,3-4,9H2,1-2H3,(H,18,20)(H,22,23)/p-1/t12-/m0/s1. The molecular weight excluding hydrogens is 330 g/mol. The average Bonchev–Trinajstić information content (AvgIpc) is 2.83. The van der Waals surface area contributed by atoms with Crippen LogP contribution in [-0.4, -0.2) is 46.2 Å². The number of amides is 2. The van der Waals surface area contributed by atoms with Crippen molar-refractivity contribution >= 4 is 40.4 Å². The zero-order chi connectivity index (χ0) is 17.7. The third-order valence-corrected chi connectivity index (χ3v) is 4.60. The lowest BCUT2D eigenvalue weighted by Crippen LogP contribution is -2.33. The number of carboxylic acid groups (broad SMARTS) is 1. The van der Waals surface area contributed by atoms with E-state index in [9.17, 15) is 19.5 Å². The maximum absolute atomic E-state index is 12.3. The van der Waals surface area contributed by atoms with Gasteiger partial charge in [-0.1, -0.05) is 23.9 Å². The quantitative estimate of drug-likeness (QED) is 0.816. The molecule has 1 heterocycles. The molecule has 0 saturated carbocycles. The van der Waals surface area contributed by atoms with Crippen LogP contribution >= 0.6 is 11.8 Å². The van der Waals surface area contributed by atoms with Gasteiger partial charge >= 0.3 is 0 Å². The Kier molecular flexibility index (Phi) is 5.97. The first kappa shape index (κ1) is 18.0. The fraction of sp³-hybridized carbons (Fsp3) is 0.375. The predicted octanol–water partition coefficient (Wildman–Crippen LogP) is 0.718. The number of hydrogen-bond donors (Lipinski definition) is 1. The molecule has 2 amide bonds. The first-order valence-corrected chi connectivity index (χ1v) is 8.48. The van der Waals surface area contributed by atoms with Gasteiger partial charge in [0.05, 0.1) is 5.97 Å². The van der Waals surface area contributed by atoms with Gasteiger partial charge in [-0.25, -0.2) is 0 Å². The first-order chi connectivity index (χ1) is 11.5. The summed E-state index contributed by atoms with van der Waals surface area (Å²) in [5.41, 5.74) is 0.334. The highest BCUT2D eigenvalue weighted by Crippen LogP contribution is 2.29. The number of nitrogens with zero attached hydrogens (tertiary/aromatic N) is 2. The molecule has 1 N–H and O–H groups in total. The van der Waals surface area contributed by atoms with E-state index in [0.29, 0.717) is 23.9 Å². The second-order valence-electron chi connectivity index (χ2n) is 5.07. The zero-order valence-electron chi connectivity index (χ0n) is 13.4. The van der Waals surface area contributed by atoms with E-state index in [1.165, 1.54) is 30.0 Å². The van der Waals surface area contributed by atoms with Crippen LogP contribution in [0.3, 0.4) is 0 Å². The normalized spacial score (nSPS) is 18.9. The van der Waals surface area contributed by atoms with Crippen molar-refractivity contribution in [3.63, 3.8) is 0 Å². The van der Waals surface area contributed by atoms with Gasteiger partial charge in [-0.3, -0.25) is 19.5 Å². The molecule has 0 spiro atoms. The van der Waals surface area contributed by atoms with Gasteiger partial charge in [-0.05, 0) is 31.5 Å². The lowest BCUT2D eigenvalue weighted by atomic mass is 10.2. The molecule has 1 aliphatic heterocycles. The molecule has 1 aromatic carbocycles. The molecule has 128 valence electrons. The molecule has 0 bridgehead atoms. The summed E-state index contributed by atoms with van der Waals surface area (Å²) in [5.74, 6) is -1.80. The highest BCUT2D eigenvalue weighted by Gasteiger charge is 2.37. The predicted molar refractivity (Wildman–Crippen MR) is 90.8 cm³/mol. The Balaban J connectivity index is 2.02. The number of nitrogens with one attached hydrogen (secondary N) is 1. The number of aromatic carboxylic acids is 1. The Morgan fingerprint density at radius 2 is 2.12 bits per heavy atom. The summed E-state index contributed by atoms with van der Waals surface area (Å²) in [5, 5.41) is 13.6. The Morgan fingerprint density at radius 3 is 2.75 bits per heavy atom. The summed E-state index contributed by atoms with van der Waals surface area (Å²) in [6.45, 7) is 4.82. The minimum absolute atomic E-state index is 0.00170. The molecule has 1 atom stereocenters. The van der Waals surface area contributed by atoms with Gasteiger partial charge in [0.25, 0.3) is 0 Å². The Morgan fingerprint density at radius 1 is 1.38 bits per heavy atom. The van der Waals surface area contributed by atoms with Crippen LogP contribution < -0.4 is 10.4 Å². The van der Waals surface area contributed by atoms with Crippen LogP contribution in [0, 0.1) is 0 Å². The van der Waals surface area contributed by atoms with E-state index >= 15 is 0 Å². The van der Waals surface area contributed by atoms with Crippen molar-refractivity contribution in [1.29, 1.82) is 0 Å². The fourth-order valence-corrected chi connectivity index (χ4v) is 3.56. The summed E-state index contributed by atoms with van der Waals surface area (Å²) in [7, 11) is 0. The average molecular weight is 348 g/mol. The van der Waals surface area contributed by atoms with Gasteiger partial charge < -0.3 is 15.2 Å². The Labute approximate surface area is 144 Å². The van der Waals surface area contributed by atoms with Crippen LogP contribution in [-0.2, 0) is 9.59 Å². The van der Waals surface area contributed by atoms with Gasteiger partial charge in [-0.2, -0.15) is 0 Å². The second-order valence-corrected chi connectivity index (χ2v) is 6.24. The van der Waals surface area contributed by atoms with E-state index in [1.807, 2.05) is 13.8 Å². The highest BCUT2D eigenvalue weighted by atomic mass is 32.2. The van der Waals surface area contributed by atoms with E-state index in [4.69, 9.17) is 0 Å². The second kappa shape index (κ2) is 7.96. The highest BCUT2D eigenvalue weighted by molar-refractivity contribution is 8.15. The zero-order valence-corrected chi connectivity index (χ0v) is 14.3. The first-order valence-electron chi connectivity index (χ1n) is 7.60. The molecule has 1 saturated heterocycles. The molecule has 8 heteroatoms. The van der Waals surface area contributed by atoms with E-state index in [-0.39, 0.29) is 23.8 Å². The van der Waals surface area contributed by atoms with Crippen LogP contribution in [0.4, 0.5) is 5.69 Å². The van der Waals surface area contributed by atoms with Gasteiger partial charge in [0.2, 0.25) is 11.8 Å². The maximum Gasteiger partial charge on any atom is 0.242 e. The molecule has 1 fully saturated rings. The molecule has 24 heavy (non-hydrogen) atoms. The number of hydrogen-bond acceptors (Lipinski definition) is 6. The van der Waals surface area contributed by atoms with E-state index in [0.717, 1.165) is 0 Å². The maximum atomic E-state index is 12.3. The van der Waals surface area contributed by atoms with Crippen molar-refractivity contribution in [3.05, 3.63) is 29.8 Å². The van der Waals surface area contributed by atoms with E-state index in [2.05, 4.69) is 10.3 Å². The summed E-state index contributed by atoms with van der Waals surface area (Å²) in [4.78, 5) is 41.2.